The van der Waals surface area contributed by atoms with Gasteiger partial charge in [-0.1, -0.05) is 36.4 Å². The predicted molar refractivity (Wildman–Crippen MR) is 126 cm³/mol. The molecule has 0 unspecified atom stereocenters. The molecule has 0 saturated heterocycles. The average molecular weight is 494 g/mol. The van der Waals surface area contributed by atoms with E-state index in [4.69, 9.17) is 5.73 Å². The number of alkyl halides is 3. The molecule has 0 bridgehead atoms. The standard InChI is InChI=1S/C26H21F3N4O3/c27-26(28,29)25(35)36-24(34)23-19-9-8-18-14-31-21(13-20(18)22(19)32-33(23)11-3-10-30)17-7-6-15-4-1-2-5-16(15)12-17/h1-2,4-7,12-14H,3,8-11,30H2. The number of halogens is 3. The number of nitrogens with zero attached hydrogens (tertiary/aromatic N) is 3. The number of aryl methyl sites for hydroxylation is 2. The summed E-state index contributed by atoms with van der Waals surface area (Å²) in [5.41, 5.74) is 9.56. The molecular formula is C26H21F3N4O3. The van der Waals surface area contributed by atoms with Gasteiger partial charge in [0.2, 0.25) is 0 Å². The van der Waals surface area contributed by atoms with Gasteiger partial charge in [0, 0.05) is 29.4 Å². The van der Waals surface area contributed by atoms with E-state index in [2.05, 4.69) is 14.8 Å². The Hall–Kier alpha value is -4.05. The van der Waals surface area contributed by atoms with Crippen LogP contribution in [0.15, 0.2) is 54.7 Å². The predicted octanol–water partition coefficient (Wildman–Crippen LogP) is 4.46. The molecule has 2 N–H and O–H groups in total. The van der Waals surface area contributed by atoms with E-state index in [0.29, 0.717) is 36.2 Å². The fraction of sp³-hybridized carbons (Fsp3) is 0.231. The minimum Gasteiger partial charge on any atom is -0.381 e. The lowest BCUT2D eigenvalue weighted by molar-refractivity contribution is -0.193. The van der Waals surface area contributed by atoms with Crippen LogP contribution in [0.4, 0.5) is 13.2 Å². The van der Waals surface area contributed by atoms with E-state index in [0.717, 1.165) is 27.5 Å². The smallest absolute Gasteiger partial charge is 0.381 e. The van der Waals surface area contributed by atoms with Crippen molar-refractivity contribution in [2.75, 3.05) is 6.54 Å². The second-order valence-electron chi connectivity index (χ2n) is 8.50. The van der Waals surface area contributed by atoms with Gasteiger partial charge in [-0.15, -0.1) is 0 Å². The Morgan fingerprint density at radius 3 is 2.58 bits per heavy atom. The van der Waals surface area contributed by atoms with Crippen LogP contribution in [-0.4, -0.2) is 39.4 Å². The zero-order chi connectivity index (χ0) is 25.4. The number of hydrogen-bond acceptors (Lipinski definition) is 6. The molecule has 184 valence electrons. The molecule has 0 spiro atoms. The Balaban J connectivity index is 1.58. The highest BCUT2D eigenvalue weighted by molar-refractivity contribution is 5.99. The molecular weight excluding hydrogens is 473 g/mol. The molecule has 2 aromatic carbocycles. The molecule has 4 aromatic rings. The van der Waals surface area contributed by atoms with Crippen molar-refractivity contribution < 1.29 is 27.5 Å². The van der Waals surface area contributed by atoms with E-state index in [1.807, 2.05) is 48.5 Å². The van der Waals surface area contributed by atoms with Crippen molar-refractivity contribution in [2.45, 2.75) is 32.0 Å². The van der Waals surface area contributed by atoms with Gasteiger partial charge in [0.25, 0.3) is 0 Å². The topological polar surface area (TPSA) is 100 Å². The summed E-state index contributed by atoms with van der Waals surface area (Å²) in [4.78, 5) is 28.6. The van der Waals surface area contributed by atoms with E-state index >= 15 is 0 Å². The Kier molecular flexibility index (Phi) is 6.05. The maximum atomic E-state index is 12.7. The van der Waals surface area contributed by atoms with Crippen molar-refractivity contribution in [3.8, 4) is 22.5 Å². The highest BCUT2D eigenvalue weighted by atomic mass is 19.4. The van der Waals surface area contributed by atoms with Gasteiger partial charge in [-0.2, -0.15) is 18.3 Å². The van der Waals surface area contributed by atoms with Gasteiger partial charge in [-0.05, 0) is 54.3 Å². The highest BCUT2D eigenvalue weighted by Gasteiger charge is 2.43. The minimum absolute atomic E-state index is 0.161. The normalized spacial score (nSPS) is 12.8. The van der Waals surface area contributed by atoms with Crippen LogP contribution in [0, 0.1) is 0 Å². The molecule has 36 heavy (non-hydrogen) atoms. The van der Waals surface area contributed by atoms with Crippen molar-refractivity contribution in [1.82, 2.24) is 14.8 Å². The van der Waals surface area contributed by atoms with Crippen molar-refractivity contribution in [1.29, 1.82) is 0 Å². The number of pyridine rings is 1. The molecule has 0 aliphatic heterocycles. The number of aromatic nitrogens is 3. The molecule has 0 atom stereocenters. The molecule has 1 aliphatic rings. The monoisotopic (exact) mass is 494 g/mol. The summed E-state index contributed by atoms with van der Waals surface area (Å²) in [6, 6.07) is 15.8. The van der Waals surface area contributed by atoms with Crippen LogP contribution < -0.4 is 5.73 Å². The van der Waals surface area contributed by atoms with Crippen molar-refractivity contribution >= 4 is 22.7 Å². The third-order valence-corrected chi connectivity index (χ3v) is 6.17. The average Bonchev–Trinajstić information content (AvgIpc) is 3.25. The van der Waals surface area contributed by atoms with Crippen LogP contribution in [0.1, 0.15) is 28.0 Å². The van der Waals surface area contributed by atoms with E-state index in [-0.39, 0.29) is 18.8 Å². The summed E-state index contributed by atoms with van der Waals surface area (Å²) in [5.74, 6) is -3.94. The van der Waals surface area contributed by atoms with Gasteiger partial charge in [0.05, 0.1) is 11.4 Å². The maximum Gasteiger partial charge on any atom is 0.491 e. The molecule has 0 saturated carbocycles. The molecule has 5 rings (SSSR count). The Morgan fingerprint density at radius 1 is 1.06 bits per heavy atom. The Morgan fingerprint density at radius 2 is 1.83 bits per heavy atom. The third kappa shape index (κ3) is 4.35. The first-order valence-corrected chi connectivity index (χ1v) is 11.4. The highest BCUT2D eigenvalue weighted by Crippen LogP contribution is 2.37. The number of carbonyl (C=O) groups excluding carboxylic acids is 2. The lowest BCUT2D eigenvalue weighted by Crippen LogP contribution is -2.29. The summed E-state index contributed by atoms with van der Waals surface area (Å²) in [6.45, 7) is 0.471. The van der Waals surface area contributed by atoms with Gasteiger partial charge >= 0.3 is 18.1 Å². The largest absolute Gasteiger partial charge is 0.491 e. The minimum atomic E-state index is -5.29. The first-order valence-electron chi connectivity index (χ1n) is 11.4. The van der Waals surface area contributed by atoms with Crippen molar-refractivity contribution in [2.24, 2.45) is 5.73 Å². The third-order valence-electron chi connectivity index (χ3n) is 6.17. The SMILES string of the molecule is NCCCn1nc2c(c1C(=O)OC(=O)C(F)(F)F)CCc1cnc(-c3ccc4ccccc4c3)cc1-2. The summed E-state index contributed by atoms with van der Waals surface area (Å²) in [6.07, 6.45) is -2.26. The maximum absolute atomic E-state index is 12.7. The molecule has 2 heterocycles. The molecule has 10 heteroatoms. The van der Waals surface area contributed by atoms with Crippen molar-refractivity contribution in [3.05, 3.63) is 71.5 Å². The molecule has 1 aliphatic carbocycles. The number of ether oxygens (including phenoxy) is 1. The second-order valence-corrected chi connectivity index (χ2v) is 8.50. The second kappa shape index (κ2) is 9.19. The van der Waals surface area contributed by atoms with E-state index in [9.17, 15) is 22.8 Å². The van der Waals surface area contributed by atoms with Crippen LogP contribution in [0.25, 0.3) is 33.3 Å². The van der Waals surface area contributed by atoms with Gasteiger partial charge in [-0.25, -0.2) is 9.59 Å². The summed E-state index contributed by atoms with van der Waals surface area (Å²) < 4.78 is 43.6. The quantitative estimate of drug-likeness (QED) is 0.325. The number of carbonyl (C=O) groups is 2. The molecule has 0 radical (unpaired) electrons. The number of benzene rings is 2. The molecule has 0 amide bonds. The molecule has 2 aromatic heterocycles. The fourth-order valence-electron chi connectivity index (χ4n) is 4.44. The Bertz CT molecular complexity index is 1490. The lowest BCUT2D eigenvalue weighted by Gasteiger charge is -2.17. The Labute approximate surface area is 203 Å². The summed E-state index contributed by atoms with van der Waals surface area (Å²) in [7, 11) is 0. The van der Waals surface area contributed by atoms with E-state index < -0.39 is 18.1 Å². The number of hydrogen-bond donors (Lipinski definition) is 1. The van der Waals surface area contributed by atoms with Gasteiger partial charge < -0.3 is 10.5 Å². The van der Waals surface area contributed by atoms with Crippen LogP contribution in [0.2, 0.25) is 0 Å². The first-order chi connectivity index (χ1) is 17.3. The van der Waals surface area contributed by atoms with Gasteiger partial charge in [0.15, 0.2) is 5.69 Å². The van der Waals surface area contributed by atoms with Crippen LogP contribution in [0.5, 0.6) is 0 Å². The van der Waals surface area contributed by atoms with Crippen LogP contribution in [-0.2, 0) is 28.9 Å². The van der Waals surface area contributed by atoms with Crippen molar-refractivity contribution in [3.63, 3.8) is 0 Å². The van der Waals surface area contributed by atoms with E-state index in [1.165, 1.54) is 4.68 Å². The van der Waals surface area contributed by atoms with Crippen LogP contribution in [0.3, 0.4) is 0 Å². The number of nitrogens with two attached hydrogens (primary N) is 1. The fourth-order valence-corrected chi connectivity index (χ4v) is 4.44. The van der Waals surface area contributed by atoms with Crippen LogP contribution >= 0.6 is 0 Å². The summed E-state index contributed by atoms with van der Waals surface area (Å²) >= 11 is 0. The molecule has 7 nitrogen and oxygen atoms in total. The number of fused-ring (bicyclic) bond motifs is 4. The lowest BCUT2D eigenvalue weighted by atomic mass is 9.89. The molecule has 0 fully saturated rings. The first kappa shape index (κ1) is 23.7. The number of rotatable bonds is 5. The summed E-state index contributed by atoms with van der Waals surface area (Å²) in [5, 5.41) is 6.70. The zero-order valence-electron chi connectivity index (χ0n) is 19.0. The van der Waals surface area contributed by atoms with E-state index in [1.54, 1.807) is 6.20 Å². The van der Waals surface area contributed by atoms with Gasteiger partial charge in [0.1, 0.15) is 0 Å². The zero-order valence-corrected chi connectivity index (χ0v) is 19.0. The van der Waals surface area contributed by atoms with Gasteiger partial charge in [-0.3, -0.25) is 9.67 Å². The number of esters is 2.